The lowest BCUT2D eigenvalue weighted by atomic mass is 10.1. The Morgan fingerprint density at radius 1 is 1.05 bits per heavy atom. The fourth-order valence-corrected chi connectivity index (χ4v) is 2.52. The third-order valence-corrected chi connectivity index (χ3v) is 3.44. The quantitative estimate of drug-likeness (QED) is 0.665. The van der Waals surface area contributed by atoms with Crippen molar-refractivity contribution in [2.45, 2.75) is 6.92 Å². The average Bonchev–Trinajstić information content (AvgIpc) is 2.48. The van der Waals surface area contributed by atoms with Gasteiger partial charge in [0.1, 0.15) is 5.82 Å². The summed E-state index contributed by atoms with van der Waals surface area (Å²) in [6.07, 6.45) is 1.68. The molecule has 0 spiro atoms. The topological polar surface area (TPSA) is 29.0 Å². The van der Waals surface area contributed by atoms with Crippen molar-refractivity contribution in [1.82, 2.24) is 9.97 Å². The van der Waals surface area contributed by atoms with Crippen molar-refractivity contribution in [1.29, 1.82) is 0 Å². The van der Waals surface area contributed by atoms with Crippen molar-refractivity contribution in [3.63, 3.8) is 0 Å². The van der Waals surface area contributed by atoms with E-state index in [-0.39, 0.29) is 5.28 Å². The van der Waals surface area contributed by atoms with Crippen LogP contribution in [-0.4, -0.2) is 16.5 Å². The minimum atomic E-state index is 0.265. The van der Waals surface area contributed by atoms with E-state index in [1.807, 2.05) is 18.2 Å². The highest BCUT2D eigenvalue weighted by Gasteiger charge is 2.12. The first-order valence-electron chi connectivity index (χ1n) is 6.53. The van der Waals surface area contributed by atoms with Gasteiger partial charge in [-0.15, -0.1) is 0 Å². The van der Waals surface area contributed by atoms with Gasteiger partial charge >= 0.3 is 0 Å². The molecule has 100 valence electrons. The summed E-state index contributed by atoms with van der Waals surface area (Å²) in [4.78, 5) is 10.4. The number of hydrogen-bond acceptors (Lipinski definition) is 3. The number of halogens is 1. The molecule has 0 unspecified atom stereocenters. The summed E-state index contributed by atoms with van der Waals surface area (Å²) in [5.74, 6) is 0.809. The first kappa shape index (κ1) is 12.9. The molecule has 0 aliphatic rings. The molecule has 1 aromatic heterocycles. The molecular weight excluding hydrogens is 270 g/mol. The van der Waals surface area contributed by atoms with Crippen LogP contribution in [-0.2, 0) is 0 Å². The Hall–Kier alpha value is -2.13. The Balaban J connectivity index is 2.17. The lowest BCUT2D eigenvalue weighted by Gasteiger charge is -2.23. The van der Waals surface area contributed by atoms with Crippen LogP contribution in [0.15, 0.2) is 54.7 Å². The maximum absolute atomic E-state index is 5.90. The molecular formula is C16H14ClN3. The smallest absolute Gasteiger partial charge is 0.224 e. The Morgan fingerprint density at radius 2 is 1.85 bits per heavy atom. The molecule has 3 aromatic rings. The minimum absolute atomic E-state index is 0.265. The van der Waals surface area contributed by atoms with E-state index in [1.54, 1.807) is 6.20 Å². The molecule has 3 nitrogen and oxygen atoms in total. The predicted octanol–water partition coefficient (Wildman–Crippen LogP) is 4.44. The number of aromatic nitrogens is 2. The highest BCUT2D eigenvalue weighted by atomic mass is 35.5. The second-order valence-corrected chi connectivity index (χ2v) is 4.76. The zero-order chi connectivity index (χ0) is 13.9. The number of hydrogen-bond donors (Lipinski definition) is 0. The Kier molecular flexibility index (Phi) is 3.52. The normalized spacial score (nSPS) is 10.7. The van der Waals surface area contributed by atoms with Gasteiger partial charge in [-0.25, -0.2) is 9.97 Å². The third kappa shape index (κ3) is 2.32. The molecule has 0 aliphatic carbocycles. The van der Waals surface area contributed by atoms with E-state index in [0.29, 0.717) is 0 Å². The highest BCUT2D eigenvalue weighted by molar-refractivity contribution is 6.28. The van der Waals surface area contributed by atoms with Crippen LogP contribution in [0.2, 0.25) is 5.28 Å². The van der Waals surface area contributed by atoms with Gasteiger partial charge < -0.3 is 4.90 Å². The van der Waals surface area contributed by atoms with Crippen LogP contribution in [0.3, 0.4) is 0 Å². The minimum Gasteiger partial charge on any atom is -0.326 e. The second-order valence-electron chi connectivity index (χ2n) is 4.43. The fourth-order valence-electron chi connectivity index (χ4n) is 2.38. The van der Waals surface area contributed by atoms with Crippen molar-refractivity contribution in [3.05, 3.63) is 60.0 Å². The van der Waals surface area contributed by atoms with Gasteiger partial charge in [0.2, 0.25) is 5.28 Å². The summed E-state index contributed by atoms with van der Waals surface area (Å²) in [6.45, 7) is 2.90. The highest BCUT2D eigenvalue weighted by Crippen LogP contribution is 2.31. The van der Waals surface area contributed by atoms with E-state index in [0.717, 1.165) is 18.1 Å². The molecule has 0 saturated carbocycles. The molecule has 20 heavy (non-hydrogen) atoms. The summed E-state index contributed by atoms with van der Waals surface area (Å²) in [6, 6.07) is 16.5. The molecule has 0 fully saturated rings. The molecule has 1 heterocycles. The van der Waals surface area contributed by atoms with E-state index in [4.69, 9.17) is 11.6 Å². The average molecular weight is 284 g/mol. The van der Waals surface area contributed by atoms with E-state index < -0.39 is 0 Å². The molecule has 0 radical (unpaired) electrons. The van der Waals surface area contributed by atoms with Gasteiger partial charge in [-0.1, -0.05) is 36.4 Å². The second kappa shape index (κ2) is 5.47. The summed E-state index contributed by atoms with van der Waals surface area (Å²) < 4.78 is 0. The van der Waals surface area contributed by atoms with Gasteiger partial charge in [0, 0.05) is 18.1 Å². The molecule has 0 bridgehead atoms. The van der Waals surface area contributed by atoms with Gasteiger partial charge in [0.05, 0.1) is 5.69 Å². The van der Waals surface area contributed by atoms with Gasteiger partial charge in [-0.05, 0) is 36.0 Å². The first-order chi connectivity index (χ1) is 9.79. The SMILES string of the molecule is CCN(c1ccnc(Cl)n1)c1cccc2ccccc12. The van der Waals surface area contributed by atoms with Crippen LogP contribution >= 0.6 is 11.6 Å². The van der Waals surface area contributed by atoms with Crippen LogP contribution in [0.5, 0.6) is 0 Å². The van der Waals surface area contributed by atoms with E-state index in [2.05, 4.69) is 52.1 Å². The number of rotatable bonds is 3. The molecule has 4 heteroatoms. The third-order valence-electron chi connectivity index (χ3n) is 3.26. The van der Waals surface area contributed by atoms with Gasteiger partial charge in [-0.2, -0.15) is 0 Å². The van der Waals surface area contributed by atoms with Crippen molar-refractivity contribution < 1.29 is 0 Å². The lowest BCUT2D eigenvalue weighted by Crippen LogP contribution is -2.17. The van der Waals surface area contributed by atoms with Crippen LogP contribution in [0, 0.1) is 0 Å². The van der Waals surface area contributed by atoms with Gasteiger partial charge in [0.15, 0.2) is 0 Å². The lowest BCUT2D eigenvalue weighted by molar-refractivity contribution is 0.981. The first-order valence-corrected chi connectivity index (χ1v) is 6.91. The summed E-state index contributed by atoms with van der Waals surface area (Å²) >= 11 is 5.90. The van der Waals surface area contributed by atoms with Crippen LogP contribution in [0.25, 0.3) is 10.8 Å². The maximum atomic E-state index is 5.90. The monoisotopic (exact) mass is 283 g/mol. The standard InChI is InChI=1S/C16H14ClN3/c1-2-20(15-10-11-18-16(17)19-15)14-9-5-7-12-6-3-4-8-13(12)14/h3-11H,2H2,1H3. The Bertz CT molecular complexity index is 737. The Morgan fingerprint density at radius 3 is 2.65 bits per heavy atom. The summed E-state index contributed by atoms with van der Waals surface area (Å²) in [5.41, 5.74) is 1.13. The van der Waals surface area contributed by atoms with Crippen LogP contribution in [0.4, 0.5) is 11.5 Å². The van der Waals surface area contributed by atoms with Crippen molar-refractivity contribution in [3.8, 4) is 0 Å². The molecule has 3 rings (SSSR count). The number of fused-ring (bicyclic) bond motifs is 1. The predicted molar refractivity (Wildman–Crippen MR) is 83.7 cm³/mol. The van der Waals surface area contributed by atoms with Gasteiger partial charge in [-0.3, -0.25) is 0 Å². The van der Waals surface area contributed by atoms with E-state index >= 15 is 0 Å². The van der Waals surface area contributed by atoms with E-state index in [1.165, 1.54) is 10.8 Å². The van der Waals surface area contributed by atoms with E-state index in [9.17, 15) is 0 Å². The summed E-state index contributed by atoms with van der Waals surface area (Å²) in [5, 5.41) is 2.68. The number of nitrogens with zero attached hydrogens (tertiary/aromatic N) is 3. The Labute approximate surface area is 122 Å². The largest absolute Gasteiger partial charge is 0.326 e. The molecule has 0 aliphatic heterocycles. The maximum Gasteiger partial charge on any atom is 0.224 e. The van der Waals surface area contributed by atoms with Crippen molar-refractivity contribution in [2.24, 2.45) is 0 Å². The molecule has 0 atom stereocenters. The zero-order valence-corrected chi connectivity index (χ0v) is 11.9. The summed E-state index contributed by atoms with van der Waals surface area (Å²) in [7, 11) is 0. The molecule has 0 N–H and O–H groups in total. The van der Waals surface area contributed by atoms with Crippen LogP contribution in [0.1, 0.15) is 6.92 Å². The number of benzene rings is 2. The van der Waals surface area contributed by atoms with Crippen LogP contribution < -0.4 is 4.90 Å². The molecule has 2 aromatic carbocycles. The van der Waals surface area contributed by atoms with Gasteiger partial charge in [0.25, 0.3) is 0 Å². The zero-order valence-electron chi connectivity index (χ0n) is 11.1. The van der Waals surface area contributed by atoms with Crippen molar-refractivity contribution in [2.75, 3.05) is 11.4 Å². The number of anilines is 2. The van der Waals surface area contributed by atoms with Crippen molar-refractivity contribution >= 4 is 33.9 Å². The fraction of sp³-hybridized carbons (Fsp3) is 0.125. The molecule has 0 saturated heterocycles. The molecule has 0 amide bonds.